The summed E-state index contributed by atoms with van der Waals surface area (Å²) in [4.78, 5) is 44.9. The van der Waals surface area contributed by atoms with Gasteiger partial charge in [-0.15, -0.1) is 0 Å². The minimum atomic E-state index is -4.73. The van der Waals surface area contributed by atoms with E-state index in [0.29, 0.717) is 30.2 Å². The maximum absolute atomic E-state index is 14.4. The zero-order valence-electron chi connectivity index (χ0n) is 25.4. The lowest BCUT2D eigenvalue weighted by atomic mass is 9.80. The molecule has 0 bridgehead atoms. The minimum absolute atomic E-state index is 0.0145. The lowest BCUT2D eigenvalue weighted by Gasteiger charge is -2.38. The van der Waals surface area contributed by atoms with E-state index < -0.39 is 53.3 Å². The number of nitrogens with one attached hydrogen (secondary N) is 1. The van der Waals surface area contributed by atoms with Gasteiger partial charge < -0.3 is 15.3 Å². The Kier molecular flexibility index (Phi) is 8.38. The van der Waals surface area contributed by atoms with Gasteiger partial charge >= 0.3 is 6.18 Å². The van der Waals surface area contributed by atoms with Gasteiger partial charge in [-0.1, -0.05) is 24.3 Å². The molecular weight excluding hydrogens is 632 g/mol. The van der Waals surface area contributed by atoms with Crippen LogP contribution in [0.15, 0.2) is 72.8 Å². The van der Waals surface area contributed by atoms with Crippen molar-refractivity contribution in [3.8, 4) is 17.5 Å². The third-order valence-corrected chi connectivity index (χ3v) is 8.55. The highest BCUT2D eigenvalue weighted by Gasteiger charge is 2.48. The van der Waals surface area contributed by atoms with Gasteiger partial charge in [0.05, 0.1) is 17.3 Å². The van der Waals surface area contributed by atoms with Crippen LogP contribution in [0.25, 0.3) is 5.69 Å². The Morgan fingerprint density at radius 3 is 2.48 bits per heavy atom. The van der Waals surface area contributed by atoms with Crippen molar-refractivity contribution in [2.45, 2.75) is 43.9 Å². The number of fused-ring (bicyclic) bond motifs is 1. The summed E-state index contributed by atoms with van der Waals surface area (Å²) in [6, 6.07) is 14.6. The van der Waals surface area contributed by atoms with E-state index in [1.165, 1.54) is 44.8 Å². The number of rotatable bonds is 6. The first-order chi connectivity index (χ1) is 22.9. The van der Waals surface area contributed by atoms with Gasteiger partial charge in [-0.2, -0.15) is 23.5 Å². The summed E-state index contributed by atoms with van der Waals surface area (Å²) in [6.45, 7) is 1.93. The second-order valence-corrected chi connectivity index (χ2v) is 11.4. The van der Waals surface area contributed by atoms with E-state index >= 15 is 0 Å². The second-order valence-electron chi connectivity index (χ2n) is 11.4. The molecule has 1 saturated heterocycles. The molecule has 2 aliphatic rings. The fourth-order valence-corrected chi connectivity index (χ4v) is 6.33. The zero-order chi connectivity index (χ0) is 34.3. The Labute approximate surface area is 271 Å². The normalized spacial score (nSPS) is 19.2. The highest BCUT2D eigenvalue weighted by molar-refractivity contribution is 6.07. The van der Waals surface area contributed by atoms with Gasteiger partial charge in [0.1, 0.15) is 29.5 Å². The van der Waals surface area contributed by atoms with Gasteiger partial charge in [0.15, 0.2) is 5.69 Å². The molecule has 0 unspecified atom stereocenters. The summed E-state index contributed by atoms with van der Waals surface area (Å²) in [5, 5.41) is 27.3. The van der Waals surface area contributed by atoms with Crippen LogP contribution in [0.5, 0.6) is 5.75 Å². The van der Waals surface area contributed by atoms with Gasteiger partial charge in [0, 0.05) is 36.2 Å². The molecule has 0 radical (unpaired) electrons. The van der Waals surface area contributed by atoms with Crippen LogP contribution in [-0.2, 0) is 11.0 Å². The van der Waals surface area contributed by atoms with E-state index in [1.54, 1.807) is 19.1 Å². The molecule has 3 amide bonds. The molecule has 0 spiro atoms. The first-order valence-electron chi connectivity index (χ1n) is 15.1. The average molecular weight is 661 g/mol. The van der Waals surface area contributed by atoms with Crippen molar-refractivity contribution in [2.75, 3.05) is 18.0 Å². The van der Waals surface area contributed by atoms with Crippen LogP contribution in [0, 0.1) is 17.1 Å². The first kappa shape index (κ1) is 32.2. The number of carbonyl (C=O) groups excluding carboxylic acids is 3. The smallest absolute Gasteiger partial charge is 0.416 e. The number of anilines is 1. The zero-order valence-corrected chi connectivity index (χ0v) is 25.4. The Hall–Kier alpha value is -5.71. The van der Waals surface area contributed by atoms with Gasteiger partial charge in [0.25, 0.3) is 17.7 Å². The summed E-state index contributed by atoms with van der Waals surface area (Å²) in [5.41, 5.74) is -0.790. The number of nitrogens with zero attached hydrogens (tertiary/aromatic N) is 5. The number of halogens is 4. The molecule has 1 aromatic heterocycles. The molecule has 3 atom stereocenters. The number of likely N-dealkylation sites (N-methyl/N-ethyl adjacent to an activating group) is 1. The summed E-state index contributed by atoms with van der Waals surface area (Å²) < 4.78 is 56.0. The number of hydrogen-bond acceptors (Lipinski definition) is 6. The van der Waals surface area contributed by atoms with Gasteiger partial charge in [-0.05, 0) is 67.8 Å². The maximum Gasteiger partial charge on any atom is 0.416 e. The molecule has 6 rings (SSSR count). The summed E-state index contributed by atoms with van der Waals surface area (Å²) in [7, 11) is 0. The molecule has 14 heteroatoms. The van der Waals surface area contributed by atoms with Gasteiger partial charge in [-0.25, -0.2) is 9.07 Å². The van der Waals surface area contributed by atoms with E-state index in [1.807, 2.05) is 0 Å². The van der Waals surface area contributed by atoms with Crippen molar-refractivity contribution in [3.05, 3.63) is 107 Å². The minimum Gasteiger partial charge on any atom is -0.508 e. The SMILES string of the molecule is CCN1C(=O)[C@H](NC(=O)c2cccc(C(F)(F)F)c2)[C@H](c2ccc(F)cc2)c2c(C(=O)N3CCC[C@H]3C#N)nn(-c3cccc(O)c3)c21. The molecule has 4 aromatic rings. The number of benzene rings is 3. The van der Waals surface area contributed by atoms with E-state index in [4.69, 9.17) is 0 Å². The van der Waals surface area contributed by atoms with E-state index in [2.05, 4.69) is 16.5 Å². The molecule has 10 nitrogen and oxygen atoms in total. The number of carbonyl (C=O) groups is 3. The van der Waals surface area contributed by atoms with Crippen LogP contribution in [-0.4, -0.2) is 62.7 Å². The lowest BCUT2D eigenvalue weighted by Crippen LogP contribution is -2.55. The summed E-state index contributed by atoms with van der Waals surface area (Å²) >= 11 is 0. The molecule has 1 fully saturated rings. The maximum atomic E-state index is 14.4. The highest BCUT2D eigenvalue weighted by atomic mass is 19.4. The van der Waals surface area contributed by atoms with Crippen molar-refractivity contribution in [1.82, 2.24) is 20.0 Å². The van der Waals surface area contributed by atoms with Crippen molar-refractivity contribution < 1.29 is 37.1 Å². The van der Waals surface area contributed by atoms with Crippen molar-refractivity contribution >= 4 is 23.5 Å². The van der Waals surface area contributed by atoms with Crippen LogP contribution < -0.4 is 10.2 Å². The van der Waals surface area contributed by atoms with Crippen LogP contribution in [0.3, 0.4) is 0 Å². The monoisotopic (exact) mass is 660 g/mol. The average Bonchev–Trinajstić information content (AvgIpc) is 3.71. The van der Waals surface area contributed by atoms with Gasteiger partial charge in [0.2, 0.25) is 0 Å². The van der Waals surface area contributed by atoms with Crippen LogP contribution >= 0.6 is 0 Å². The number of alkyl halides is 3. The fraction of sp³-hybridized carbons (Fsp3) is 0.265. The quantitative estimate of drug-likeness (QED) is 0.275. The summed E-state index contributed by atoms with van der Waals surface area (Å²) in [5.74, 6) is -4.03. The molecule has 3 heterocycles. The third kappa shape index (κ3) is 5.72. The van der Waals surface area contributed by atoms with Crippen LogP contribution in [0.4, 0.5) is 23.4 Å². The molecule has 0 aliphatic carbocycles. The number of amides is 3. The fourth-order valence-electron chi connectivity index (χ4n) is 6.33. The number of phenols is 1. The Bertz CT molecular complexity index is 1950. The Morgan fingerprint density at radius 1 is 1.08 bits per heavy atom. The first-order valence-corrected chi connectivity index (χ1v) is 15.1. The summed E-state index contributed by atoms with van der Waals surface area (Å²) in [6.07, 6.45) is -3.72. The van der Waals surface area contributed by atoms with E-state index in [9.17, 15) is 42.3 Å². The Balaban J connectivity index is 1.58. The number of aromatic nitrogens is 2. The number of aromatic hydroxyl groups is 1. The molecule has 246 valence electrons. The number of phenolic OH excluding ortho intramolecular Hbond substituents is 1. The largest absolute Gasteiger partial charge is 0.508 e. The lowest BCUT2D eigenvalue weighted by molar-refractivity contribution is -0.137. The van der Waals surface area contributed by atoms with E-state index in [0.717, 1.165) is 24.3 Å². The predicted octanol–water partition coefficient (Wildman–Crippen LogP) is 5.16. The molecule has 48 heavy (non-hydrogen) atoms. The number of likely N-dealkylation sites (tertiary alicyclic amines) is 1. The van der Waals surface area contributed by atoms with E-state index in [-0.39, 0.29) is 41.5 Å². The predicted molar refractivity (Wildman–Crippen MR) is 164 cm³/mol. The standard InChI is InChI=1S/C34H28F4N6O4/c1-2-42-31-27(29(33(48)43-15-5-9-24(43)18-39)41-44(31)23-8-4-10-25(45)17-23)26(19-11-13-22(35)14-12-19)28(32(42)47)40-30(46)20-6-3-7-21(16-20)34(36,37)38/h3-4,6-8,10-14,16-17,24,26,28,45H,2,5,9,15H2,1H3,(H,40,46)/t24-,26+,28+/m0/s1. The Morgan fingerprint density at radius 2 is 1.81 bits per heavy atom. The second kappa shape index (κ2) is 12.5. The highest BCUT2D eigenvalue weighted by Crippen LogP contribution is 2.44. The number of hydrogen-bond donors (Lipinski definition) is 2. The number of nitriles is 1. The topological polar surface area (TPSA) is 132 Å². The molecule has 0 saturated carbocycles. The van der Waals surface area contributed by atoms with Crippen LogP contribution in [0.1, 0.15) is 63.2 Å². The van der Waals surface area contributed by atoms with Gasteiger partial charge in [-0.3, -0.25) is 19.3 Å². The molecule has 3 aromatic carbocycles. The molecular formula is C34H28F4N6O4. The molecule has 2 aliphatic heterocycles. The van der Waals surface area contributed by atoms with Crippen LogP contribution in [0.2, 0.25) is 0 Å². The van der Waals surface area contributed by atoms with Crippen molar-refractivity contribution in [1.29, 1.82) is 5.26 Å². The molecule has 2 N–H and O–H groups in total. The van der Waals surface area contributed by atoms with Crippen molar-refractivity contribution in [3.63, 3.8) is 0 Å². The van der Waals surface area contributed by atoms with Crippen molar-refractivity contribution in [2.24, 2.45) is 0 Å². The third-order valence-electron chi connectivity index (χ3n) is 8.55.